The minimum atomic E-state index is -3.98. The van der Waals surface area contributed by atoms with Gasteiger partial charge in [-0.15, -0.1) is 0 Å². The predicted octanol–water partition coefficient (Wildman–Crippen LogP) is 5.39. The summed E-state index contributed by atoms with van der Waals surface area (Å²) in [5.74, 6) is -0.321. The summed E-state index contributed by atoms with van der Waals surface area (Å²) in [7, 11) is -3.98. The number of ether oxygens (including phenoxy) is 1. The lowest BCUT2D eigenvalue weighted by atomic mass is 10.0. The fraction of sp³-hybridized carbons (Fsp3) is 0.382. The van der Waals surface area contributed by atoms with Crippen LogP contribution in [0.3, 0.4) is 0 Å². The number of likely N-dealkylation sites (tertiary alicyclic amines) is 1. The molecular formula is C34H38FN7O3S. The van der Waals surface area contributed by atoms with Crippen LogP contribution in [0.1, 0.15) is 38.3 Å². The Balaban J connectivity index is 1.34. The van der Waals surface area contributed by atoms with E-state index in [-0.39, 0.29) is 22.4 Å². The minimum absolute atomic E-state index is 0.149. The number of aryl methyl sites for hydroxylation is 1. The second-order valence-electron chi connectivity index (χ2n) is 11.9. The van der Waals surface area contributed by atoms with Crippen LogP contribution < -0.4 is 4.90 Å². The molecule has 2 aliphatic heterocycles. The third-order valence-corrected chi connectivity index (χ3v) is 10.9. The molecule has 0 bridgehead atoms. The van der Waals surface area contributed by atoms with E-state index in [1.807, 2.05) is 28.8 Å². The summed E-state index contributed by atoms with van der Waals surface area (Å²) in [5, 5.41) is 4.70. The van der Waals surface area contributed by atoms with E-state index in [0.717, 1.165) is 43.6 Å². The van der Waals surface area contributed by atoms with Crippen LogP contribution in [0.4, 0.5) is 10.1 Å². The van der Waals surface area contributed by atoms with Crippen molar-refractivity contribution in [2.24, 2.45) is 0 Å². The number of hydrogen-bond donors (Lipinski definition) is 0. The number of aromatic nitrogens is 5. The molecule has 0 atom stereocenters. The molecule has 7 rings (SSSR count). The molecule has 2 fully saturated rings. The summed E-state index contributed by atoms with van der Waals surface area (Å²) in [5.41, 5.74) is 4.48. The fourth-order valence-corrected chi connectivity index (χ4v) is 7.93. The lowest BCUT2D eigenvalue weighted by molar-refractivity contribution is 0.122. The van der Waals surface area contributed by atoms with Crippen LogP contribution in [-0.4, -0.2) is 83.0 Å². The Labute approximate surface area is 268 Å². The molecule has 46 heavy (non-hydrogen) atoms. The quantitative estimate of drug-likeness (QED) is 0.222. The van der Waals surface area contributed by atoms with Gasteiger partial charge in [0.2, 0.25) is 0 Å². The monoisotopic (exact) mass is 643 g/mol. The Morgan fingerprint density at radius 3 is 2.43 bits per heavy atom. The first kappa shape index (κ1) is 30.5. The Morgan fingerprint density at radius 1 is 0.957 bits per heavy atom. The van der Waals surface area contributed by atoms with Crippen molar-refractivity contribution in [3.63, 3.8) is 0 Å². The molecule has 0 amide bonds. The highest BCUT2D eigenvalue weighted by Crippen LogP contribution is 2.36. The van der Waals surface area contributed by atoms with E-state index in [4.69, 9.17) is 14.8 Å². The maximum absolute atomic E-state index is 15.8. The summed E-state index contributed by atoms with van der Waals surface area (Å²) in [6.07, 6.45) is 9.47. The van der Waals surface area contributed by atoms with Gasteiger partial charge in [0, 0.05) is 55.3 Å². The standard InChI is InChI=1S/C34H38FN7O3S/c1-3-24-18-25(19-30(35)33(24)40-14-16-45-17-15-40)31-21-36-34-32(38-31)29(23-42(34)46(43,44)28-8-6-5-7-9-28)26-20-37-41(22-26)27-10-12-39(4-2)13-11-27/h5-9,18-23,27H,3-4,10-17H2,1-2H3. The topological polar surface area (TPSA) is 98.4 Å². The van der Waals surface area contributed by atoms with Crippen LogP contribution in [0.15, 0.2) is 72.1 Å². The first-order chi connectivity index (χ1) is 22.4. The second kappa shape index (κ2) is 12.6. The van der Waals surface area contributed by atoms with E-state index in [2.05, 4.69) is 16.8 Å². The average molecular weight is 644 g/mol. The lowest BCUT2D eigenvalue weighted by Gasteiger charge is -2.31. The molecule has 12 heteroatoms. The van der Waals surface area contributed by atoms with Gasteiger partial charge in [0.1, 0.15) is 11.3 Å². The van der Waals surface area contributed by atoms with Gasteiger partial charge >= 0.3 is 0 Å². The van der Waals surface area contributed by atoms with Crippen LogP contribution >= 0.6 is 0 Å². The number of hydrogen-bond acceptors (Lipinski definition) is 8. The van der Waals surface area contributed by atoms with Gasteiger partial charge in [0.25, 0.3) is 10.0 Å². The number of rotatable bonds is 8. The molecule has 10 nitrogen and oxygen atoms in total. The van der Waals surface area contributed by atoms with E-state index in [1.165, 1.54) is 16.2 Å². The van der Waals surface area contributed by atoms with E-state index in [0.29, 0.717) is 60.7 Å². The van der Waals surface area contributed by atoms with Crippen LogP contribution in [-0.2, 0) is 21.2 Å². The highest BCUT2D eigenvalue weighted by molar-refractivity contribution is 7.90. The molecule has 0 unspecified atom stereocenters. The van der Waals surface area contributed by atoms with Crippen molar-refractivity contribution >= 4 is 26.9 Å². The van der Waals surface area contributed by atoms with Crippen LogP contribution in [0.2, 0.25) is 0 Å². The number of halogens is 1. The normalized spacial score (nSPS) is 16.8. The van der Waals surface area contributed by atoms with Gasteiger partial charge in [-0.2, -0.15) is 5.10 Å². The van der Waals surface area contributed by atoms with Gasteiger partial charge in [-0.25, -0.2) is 26.7 Å². The molecule has 0 N–H and O–H groups in total. The van der Waals surface area contributed by atoms with Crippen molar-refractivity contribution in [3.05, 3.63) is 78.6 Å². The number of nitrogens with zero attached hydrogens (tertiary/aromatic N) is 7. The Morgan fingerprint density at radius 2 is 1.72 bits per heavy atom. The van der Waals surface area contributed by atoms with Gasteiger partial charge in [-0.05, 0) is 55.6 Å². The van der Waals surface area contributed by atoms with Gasteiger partial charge in [0.15, 0.2) is 5.65 Å². The third-order valence-electron chi connectivity index (χ3n) is 9.20. The van der Waals surface area contributed by atoms with Crippen molar-refractivity contribution in [1.82, 2.24) is 28.6 Å². The molecule has 0 aliphatic carbocycles. The molecule has 2 aromatic carbocycles. The Kier molecular flexibility index (Phi) is 8.35. The van der Waals surface area contributed by atoms with Crippen LogP contribution in [0.25, 0.3) is 33.5 Å². The predicted molar refractivity (Wildman–Crippen MR) is 176 cm³/mol. The van der Waals surface area contributed by atoms with E-state index in [1.54, 1.807) is 42.7 Å². The van der Waals surface area contributed by atoms with Crippen molar-refractivity contribution < 1.29 is 17.5 Å². The number of anilines is 1. The number of benzene rings is 2. The van der Waals surface area contributed by atoms with E-state index in [9.17, 15) is 8.42 Å². The zero-order chi connectivity index (χ0) is 31.8. The fourth-order valence-electron chi connectivity index (χ4n) is 6.60. The van der Waals surface area contributed by atoms with E-state index < -0.39 is 10.0 Å². The first-order valence-corrected chi connectivity index (χ1v) is 17.4. The highest BCUT2D eigenvalue weighted by Gasteiger charge is 2.27. The molecular weight excluding hydrogens is 605 g/mol. The Hall–Kier alpha value is -4.13. The van der Waals surface area contributed by atoms with E-state index >= 15 is 4.39 Å². The average Bonchev–Trinajstić information content (AvgIpc) is 3.74. The summed E-state index contributed by atoms with van der Waals surface area (Å²) < 4.78 is 52.2. The number of fused-ring (bicyclic) bond motifs is 1. The SMILES string of the molecule is CCc1cc(-c2cnc3c(n2)c(-c2cnn(C4CCN(CC)CC4)c2)cn3S(=O)(=O)c2ccccc2)cc(F)c1N1CCOCC1. The molecule has 2 saturated heterocycles. The van der Waals surface area contributed by atoms with Gasteiger partial charge in [-0.3, -0.25) is 4.68 Å². The summed E-state index contributed by atoms with van der Waals surface area (Å²) in [6, 6.07) is 12.0. The zero-order valence-electron chi connectivity index (χ0n) is 26.1. The minimum Gasteiger partial charge on any atom is -0.378 e. The lowest BCUT2D eigenvalue weighted by Crippen LogP contribution is -2.37. The summed E-state index contributed by atoms with van der Waals surface area (Å²) in [4.78, 5) is 14.2. The largest absolute Gasteiger partial charge is 0.378 e. The zero-order valence-corrected chi connectivity index (χ0v) is 27.0. The van der Waals surface area contributed by atoms with Gasteiger partial charge in [0.05, 0.1) is 47.9 Å². The molecule has 2 aliphatic rings. The smallest absolute Gasteiger partial charge is 0.269 e. The molecule has 5 heterocycles. The maximum atomic E-state index is 15.8. The molecule has 240 valence electrons. The third kappa shape index (κ3) is 5.58. The van der Waals surface area contributed by atoms with Gasteiger partial charge < -0.3 is 14.5 Å². The van der Waals surface area contributed by atoms with Crippen LogP contribution in [0, 0.1) is 5.82 Å². The number of piperidine rings is 1. The second-order valence-corrected chi connectivity index (χ2v) is 13.7. The maximum Gasteiger partial charge on any atom is 0.269 e. The molecule has 0 saturated carbocycles. The summed E-state index contributed by atoms with van der Waals surface area (Å²) in [6.45, 7) is 9.64. The van der Waals surface area contributed by atoms with Crippen molar-refractivity contribution in [1.29, 1.82) is 0 Å². The molecule has 5 aromatic rings. The highest BCUT2D eigenvalue weighted by atomic mass is 32.2. The van der Waals surface area contributed by atoms with Crippen molar-refractivity contribution in [2.45, 2.75) is 44.0 Å². The van der Waals surface area contributed by atoms with Crippen LogP contribution in [0.5, 0.6) is 0 Å². The first-order valence-electron chi connectivity index (χ1n) is 16.0. The Bertz CT molecular complexity index is 1960. The summed E-state index contributed by atoms with van der Waals surface area (Å²) >= 11 is 0. The van der Waals surface area contributed by atoms with Crippen molar-refractivity contribution in [2.75, 3.05) is 50.8 Å². The molecule has 3 aromatic heterocycles. The van der Waals surface area contributed by atoms with Gasteiger partial charge in [-0.1, -0.05) is 32.0 Å². The number of morpholine rings is 1. The molecule has 0 spiro atoms. The molecule has 0 radical (unpaired) electrons. The van der Waals surface area contributed by atoms with Crippen molar-refractivity contribution in [3.8, 4) is 22.4 Å².